The second-order valence-electron chi connectivity index (χ2n) is 10.7. The Kier molecular flexibility index (Phi) is 8.58. The first-order valence-corrected chi connectivity index (χ1v) is 15.5. The van der Waals surface area contributed by atoms with E-state index in [1.807, 2.05) is 92.7 Å². The normalized spacial score (nSPS) is 12.3. The topological polar surface area (TPSA) is 110 Å². The Labute approximate surface area is 267 Å². The molecule has 0 fully saturated rings. The minimum Gasteiger partial charge on any atom is -0.293 e. The van der Waals surface area contributed by atoms with E-state index < -0.39 is 0 Å². The third-order valence-corrected chi connectivity index (χ3v) is 8.54. The van der Waals surface area contributed by atoms with Crippen molar-refractivity contribution in [3.63, 3.8) is 0 Å². The zero-order chi connectivity index (χ0) is 31.3. The number of hydrogen-bond donors (Lipinski definition) is 2. The number of nitrogens with one attached hydrogen (secondary N) is 2. The van der Waals surface area contributed by atoms with Crippen LogP contribution < -0.4 is 0 Å². The molecule has 1 aromatic heterocycles. The van der Waals surface area contributed by atoms with Crippen LogP contribution in [0.15, 0.2) is 115 Å². The minimum atomic E-state index is 0.342. The smallest absolute Gasteiger partial charge is 0.163 e. The van der Waals surface area contributed by atoms with Gasteiger partial charge in [0.25, 0.3) is 0 Å². The van der Waals surface area contributed by atoms with Crippen molar-refractivity contribution in [2.24, 2.45) is 0 Å². The number of nitrogens with zero attached hydrogens (tertiary/aromatic N) is 4. The van der Waals surface area contributed by atoms with Crippen molar-refractivity contribution in [2.45, 2.75) is 26.7 Å². The molecule has 0 aliphatic heterocycles. The quantitative estimate of drug-likeness (QED) is 0.149. The van der Waals surface area contributed by atoms with Gasteiger partial charge in [-0.15, -0.1) is 0 Å². The molecule has 5 aromatic rings. The highest BCUT2D eigenvalue weighted by Crippen LogP contribution is 2.42. The van der Waals surface area contributed by atoms with Crippen molar-refractivity contribution < 1.29 is 0 Å². The first kappa shape index (κ1) is 29.6. The molecule has 0 saturated carbocycles. The van der Waals surface area contributed by atoms with E-state index in [0.29, 0.717) is 33.1 Å². The summed E-state index contributed by atoms with van der Waals surface area (Å²) in [5, 5.41) is 27.9. The number of allylic oxidation sites excluding steroid dienone is 3. The van der Waals surface area contributed by atoms with Crippen molar-refractivity contribution >= 4 is 21.8 Å². The summed E-state index contributed by atoms with van der Waals surface area (Å²) >= 11 is 1.18. The van der Waals surface area contributed by atoms with Gasteiger partial charge in [-0.1, -0.05) is 109 Å². The van der Waals surface area contributed by atoms with Crippen LogP contribution >= 0.6 is 11.8 Å². The number of aryl methyl sites for hydroxylation is 2. The predicted octanol–water partition coefficient (Wildman–Crippen LogP) is 9.34. The van der Waals surface area contributed by atoms with E-state index in [-0.39, 0.29) is 0 Å². The van der Waals surface area contributed by atoms with E-state index in [9.17, 15) is 5.26 Å². The third-order valence-electron chi connectivity index (χ3n) is 7.64. The summed E-state index contributed by atoms with van der Waals surface area (Å²) in [5.74, 6) is 1.95. The molecule has 4 aromatic carbocycles. The molecule has 1 aliphatic carbocycles. The molecular formula is C38H30N6S. The number of hydrogen-bond acceptors (Lipinski definition) is 7. The van der Waals surface area contributed by atoms with Gasteiger partial charge in [0.15, 0.2) is 5.82 Å². The molecule has 45 heavy (non-hydrogen) atoms. The summed E-state index contributed by atoms with van der Waals surface area (Å²) in [6, 6.07) is 32.3. The van der Waals surface area contributed by atoms with Crippen LogP contribution in [0.3, 0.4) is 0 Å². The number of thioether (sulfide) groups is 1. The number of aromatic nitrogens is 3. The Morgan fingerprint density at radius 3 is 2.16 bits per heavy atom. The largest absolute Gasteiger partial charge is 0.293 e. The van der Waals surface area contributed by atoms with Crippen LogP contribution in [0.4, 0.5) is 0 Å². The summed E-state index contributed by atoms with van der Waals surface area (Å²) in [4.78, 5) is 13.5. The van der Waals surface area contributed by atoms with E-state index in [1.54, 1.807) is 0 Å². The fraction of sp³-hybridized carbons (Fsp3) is 0.105. The molecule has 0 radical (unpaired) electrons. The van der Waals surface area contributed by atoms with E-state index in [0.717, 1.165) is 62.9 Å². The van der Waals surface area contributed by atoms with Gasteiger partial charge in [-0.05, 0) is 72.2 Å². The first-order valence-electron chi connectivity index (χ1n) is 14.7. The van der Waals surface area contributed by atoms with Gasteiger partial charge in [-0.3, -0.25) is 10.8 Å². The maximum absolute atomic E-state index is 9.98. The highest BCUT2D eigenvalue weighted by Gasteiger charge is 2.18. The van der Waals surface area contributed by atoms with Gasteiger partial charge in [-0.2, -0.15) is 5.26 Å². The van der Waals surface area contributed by atoms with Crippen LogP contribution in [0.5, 0.6) is 0 Å². The maximum Gasteiger partial charge on any atom is 0.163 e. The highest BCUT2D eigenvalue weighted by atomic mass is 32.2. The van der Waals surface area contributed by atoms with Gasteiger partial charge in [0.1, 0.15) is 16.7 Å². The summed E-state index contributed by atoms with van der Waals surface area (Å²) in [6.45, 7) is 3.73. The summed E-state index contributed by atoms with van der Waals surface area (Å²) < 4.78 is 0. The lowest BCUT2D eigenvalue weighted by Crippen LogP contribution is -2.04. The van der Waals surface area contributed by atoms with Crippen LogP contribution in [0.25, 0.3) is 44.8 Å². The van der Waals surface area contributed by atoms with E-state index in [2.05, 4.69) is 51.4 Å². The van der Waals surface area contributed by atoms with Gasteiger partial charge in [0, 0.05) is 16.7 Å². The fourth-order valence-corrected chi connectivity index (χ4v) is 6.28. The molecule has 0 saturated heterocycles. The predicted molar refractivity (Wildman–Crippen MR) is 184 cm³/mol. The van der Waals surface area contributed by atoms with E-state index >= 15 is 0 Å². The van der Waals surface area contributed by atoms with Gasteiger partial charge in [-0.25, -0.2) is 15.0 Å². The Morgan fingerprint density at radius 2 is 1.42 bits per heavy atom. The van der Waals surface area contributed by atoms with Gasteiger partial charge in [0.05, 0.1) is 16.7 Å². The number of nitriles is 1. The zero-order valence-corrected chi connectivity index (χ0v) is 25.8. The molecule has 1 aliphatic rings. The van der Waals surface area contributed by atoms with Gasteiger partial charge in [0.2, 0.25) is 0 Å². The molecule has 2 N–H and O–H groups in total. The van der Waals surface area contributed by atoms with Crippen molar-refractivity contribution in [3.05, 3.63) is 138 Å². The van der Waals surface area contributed by atoms with Crippen molar-refractivity contribution in [1.29, 1.82) is 16.1 Å². The molecule has 0 bridgehead atoms. The average Bonchev–Trinajstić information content (AvgIpc) is 3.08. The Morgan fingerprint density at radius 1 is 0.733 bits per heavy atom. The average molecular weight is 603 g/mol. The summed E-state index contributed by atoms with van der Waals surface area (Å²) in [6.07, 6.45) is 7.80. The standard InChI is InChI=1S/C38H30N6S/c1-24-42-25(2)44-38(43-24)30-14-8-13-29(22-30)35-33(16-9-17-34(35)32-15-7-6-12-31(32)23-39)26-18-20-28(21-19-26)37(41)45-36(40)27-10-4-3-5-11-27/h3-4,6-10,12-22,40-41H,5,11H2,1-2H3. The van der Waals surface area contributed by atoms with Crippen molar-refractivity contribution in [1.82, 2.24) is 15.0 Å². The molecule has 1 heterocycles. The molecule has 0 spiro atoms. The fourth-order valence-electron chi connectivity index (χ4n) is 5.52. The number of benzene rings is 4. The lowest BCUT2D eigenvalue weighted by Gasteiger charge is -2.18. The SMILES string of the molecule is Cc1nc(C)nc(-c2cccc(-c3c(-c4ccc(C(=N)SC(=N)C5=CC=CCC5)cc4)cccc3-c3ccccc3C#N)c2)n1. The Bertz CT molecular complexity index is 2030. The molecule has 0 atom stereocenters. The summed E-state index contributed by atoms with van der Waals surface area (Å²) in [5.41, 5.74) is 8.94. The van der Waals surface area contributed by atoms with Gasteiger partial charge < -0.3 is 0 Å². The molecular weight excluding hydrogens is 573 g/mol. The Balaban J connectivity index is 1.44. The molecule has 0 unspecified atom stereocenters. The molecule has 6 nitrogen and oxygen atoms in total. The van der Waals surface area contributed by atoms with Crippen LogP contribution in [0, 0.1) is 36.0 Å². The maximum atomic E-state index is 9.98. The van der Waals surface area contributed by atoms with Crippen LogP contribution in [-0.4, -0.2) is 25.0 Å². The summed E-state index contributed by atoms with van der Waals surface area (Å²) in [7, 11) is 0. The molecule has 6 rings (SSSR count). The minimum absolute atomic E-state index is 0.342. The second kappa shape index (κ2) is 13.0. The lowest BCUT2D eigenvalue weighted by molar-refractivity contribution is 0.928. The van der Waals surface area contributed by atoms with E-state index in [1.165, 1.54) is 11.8 Å². The number of rotatable bonds is 6. The monoisotopic (exact) mass is 602 g/mol. The van der Waals surface area contributed by atoms with Crippen LogP contribution in [-0.2, 0) is 0 Å². The van der Waals surface area contributed by atoms with E-state index in [4.69, 9.17) is 10.8 Å². The highest BCUT2D eigenvalue weighted by molar-refractivity contribution is 8.27. The molecule has 7 heteroatoms. The first-order chi connectivity index (χ1) is 21.9. The van der Waals surface area contributed by atoms with Crippen LogP contribution in [0.2, 0.25) is 0 Å². The lowest BCUT2D eigenvalue weighted by atomic mass is 9.86. The van der Waals surface area contributed by atoms with Crippen LogP contribution in [0.1, 0.15) is 35.6 Å². The Hall–Kier alpha value is -5.45. The third kappa shape index (κ3) is 6.42. The van der Waals surface area contributed by atoms with Gasteiger partial charge >= 0.3 is 0 Å². The zero-order valence-electron chi connectivity index (χ0n) is 25.0. The molecule has 218 valence electrons. The molecule has 0 amide bonds. The van der Waals surface area contributed by atoms with Crippen molar-refractivity contribution in [3.8, 4) is 50.8 Å². The van der Waals surface area contributed by atoms with Crippen molar-refractivity contribution in [2.75, 3.05) is 0 Å². The second-order valence-corrected chi connectivity index (χ2v) is 11.7.